The van der Waals surface area contributed by atoms with Crippen LogP contribution in [-0.4, -0.2) is 32.1 Å². The fourth-order valence-corrected chi connectivity index (χ4v) is 2.34. The van der Waals surface area contributed by atoms with Crippen molar-refractivity contribution in [1.29, 1.82) is 0 Å². The molecule has 3 aromatic rings. The smallest absolute Gasteiger partial charge is 0.491 e. The lowest BCUT2D eigenvalue weighted by Crippen LogP contribution is -2.32. The molecule has 0 bridgehead atoms. The Morgan fingerprint density at radius 2 is 1.81 bits per heavy atom. The molecule has 3 N–H and O–H groups in total. The molecule has 1 heterocycles. The third-order valence-corrected chi connectivity index (χ3v) is 3.47. The Labute approximate surface area is 124 Å². The minimum absolute atomic E-state index is 0.100. The van der Waals surface area contributed by atoms with Gasteiger partial charge < -0.3 is 15.2 Å². The quantitative estimate of drug-likeness (QED) is 0.622. The first kappa shape index (κ1) is 13.9. The number of phenolic OH excluding ortho intramolecular Hbond substituents is 1. The lowest BCUT2D eigenvalue weighted by atomic mass is 9.79. The highest BCUT2D eigenvalue weighted by atomic mass is 35.5. The molecule has 21 heavy (non-hydrogen) atoms. The fourth-order valence-electron chi connectivity index (χ4n) is 2.06. The first-order valence-corrected chi connectivity index (χ1v) is 6.38. The lowest BCUT2D eigenvalue weighted by Gasteiger charge is -2.02. The zero-order valence-electron chi connectivity index (χ0n) is 10.5. The van der Waals surface area contributed by atoms with Gasteiger partial charge in [-0.1, -0.05) is 11.6 Å². The number of aromatic nitrogens is 2. The summed E-state index contributed by atoms with van der Waals surface area (Å²) in [5.74, 6) is -0.673. The molecule has 8 heteroatoms. The molecular formula is C13H9BClFN2O3. The number of phenols is 1. The molecule has 1 aromatic heterocycles. The van der Waals surface area contributed by atoms with Crippen molar-refractivity contribution in [3.63, 3.8) is 0 Å². The van der Waals surface area contributed by atoms with Gasteiger partial charge in [0, 0.05) is 16.9 Å². The number of fused-ring (bicyclic) bond motifs is 1. The van der Waals surface area contributed by atoms with Crippen LogP contribution in [0.2, 0.25) is 5.15 Å². The van der Waals surface area contributed by atoms with Crippen molar-refractivity contribution in [2.24, 2.45) is 0 Å². The van der Waals surface area contributed by atoms with Crippen LogP contribution in [0.1, 0.15) is 0 Å². The van der Waals surface area contributed by atoms with Crippen LogP contribution in [0.25, 0.3) is 16.6 Å². The number of halogens is 2. The first-order valence-electron chi connectivity index (χ1n) is 6.00. The molecule has 0 aliphatic carbocycles. The van der Waals surface area contributed by atoms with Crippen molar-refractivity contribution >= 4 is 35.1 Å². The molecular weight excluding hydrogens is 297 g/mol. The highest BCUT2D eigenvalue weighted by molar-refractivity contribution is 6.59. The average Bonchev–Trinajstić information content (AvgIpc) is 2.75. The summed E-state index contributed by atoms with van der Waals surface area (Å²) in [4.78, 5) is 0. The Balaban J connectivity index is 2.22. The summed E-state index contributed by atoms with van der Waals surface area (Å²) in [6.45, 7) is 0. The minimum atomic E-state index is -1.93. The Hall–Kier alpha value is -2.09. The van der Waals surface area contributed by atoms with E-state index in [1.165, 1.54) is 22.9 Å². The van der Waals surface area contributed by atoms with E-state index in [4.69, 9.17) is 21.6 Å². The third kappa shape index (κ3) is 2.35. The molecule has 0 radical (unpaired) electrons. The normalized spacial score (nSPS) is 11.0. The summed E-state index contributed by atoms with van der Waals surface area (Å²) < 4.78 is 15.1. The van der Waals surface area contributed by atoms with Crippen molar-refractivity contribution in [3.8, 4) is 11.4 Å². The van der Waals surface area contributed by atoms with Crippen molar-refractivity contribution in [2.45, 2.75) is 0 Å². The maximum Gasteiger partial charge on any atom is 0.491 e. The molecule has 0 saturated heterocycles. The number of rotatable bonds is 2. The molecule has 5 nitrogen and oxygen atoms in total. The van der Waals surface area contributed by atoms with Crippen LogP contribution in [0.5, 0.6) is 5.75 Å². The molecule has 2 aromatic carbocycles. The third-order valence-electron chi connectivity index (χ3n) is 3.10. The zero-order chi connectivity index (χ0) is 15.1. The van der Waals surface area contributed by atoms with E-state index in [1.54, 1.807) is 12.1 Å². The second kappa shape index (κ2) is 5.03. The van der Waals surface area contributed by atoms with Crippen molar-refractivity contribution in [1.82, 2.24) is 9.78 Å². The monoisotopic (exact) mass is 306 g/mol. The second-order valence-corrected chi connectivity index (χ2v) is 4.84. The standard InChI is InChI=1S/C13H9BClFN2O3/c15-13-9-5-10(14(20)21)11(16)6-12(9)17-18(13)7-1-3-8(19)4-2-7/h1-6,19-21H. The summed E-state index contributed by atoms with van der Waals surface area (Å²) in [6, 6.07) is 8.49. The molecule has 0 spiro atoms. The van der Waals surface area contributed by atoms with Gasteiger partial charge in [-0.15, -0.1) is 0 Å². The van der Waals surface area contributed by atoms with E-state index < -0.39 is 12.9 Å². The molecule has 0 fully saturated rings. The van der Waals surface area contributed by atoms with Gasteiger partial charge in [-0.05, 0) is 30.3 Å². The van der Waals surface area contributed by atoms with Crippen molar-refractivity contribution in [3.05, 3.63) is 47.4 Å². The number of benzene rings is 2. The Kier molecular flexibility index (Phi) is 3.33. The van der Waals surface area contributed by atoms with Gasteiger partial charge >= 0.3 is 7.12 Å². The maximum absolute atomic E-state index is 13.7. The van der Waals surface area contributed by atoms with Gasteiger partial charge in [0.2, 0.25) is 0 Å². The Morgan fingerprint density at radius 3 is 2.43 bits per heavy atom. The van der Waals surface area contributed by atoms with Gasteiger partial charge in [-0.25, -0.2) is 9.07 Å². The predicted octanol–water partition coefficient (Wildman–Crippen LogP) is 1.20. The van der Waals surface area contributed by atoms with Crippen LogP contribution in [0.15, 0.2) is 36.4 Å². The van der Waals surface area contributed by atoms with Crippen LogP contribution in [0.4, 0.5) is 4.39 Å². The molecule has 0 saturated carbocycles. The van der Waals surface area contributed by atoms with Crippen LogP contribution < -0.4 is 5.46 Å². The van der Waals surface area contributed by atoms with Gasteiger partial charge in [0.1, 0.15) is 16.7 Å². The second-order valence-electron chi connectivity index (χ2n) is 4.48. The van der Waals surface area contributed by atoms with E-state index >= 15 is 0 Å². The highest BCUT2D eigenvalue weighted by Gasteiger charge is 2.20. The van der Waals surface area contributed by atoms with Crippen LogP contribution in [0, 0.1) is 5.82 Å². The van der Waals surface area contributed by atoms with Gasteiger partial charge in [-0.3, -0.25) is 0 Å². The molecule has 0 aliphatic rings. The van der Waals surface area contributed by atoms with E-state index in [1.807, 2.05) is 0 Å². The number of hydrogen-bond acceptors (Lipinski definition) is 4. The number of aromatic hydroxyl groups is 1. The fraction of sp³-hybridized carbons (Fsp3) is 0. The van der Waals surface area contributed by atoms with Crippen molar-refractivity contribution in [2.75, 3.05) is 0 Å². The van der Waals surface area contributed by atoms with Gasteiger partial charge in [0.25, 0.3) is 0 Å². The van der Waals surface area contributed by atoms with Gasteiger partial charge in [0.05, 0.1) is 11.2 Å². The zero-order valence-corrected chi connectivity index (χ0v) is 11.3. The summed E-state index contributed by atoms with van der Waals surface area (Å²) in [7, 11) is -1.93. The largest absolute Gasteiger partial charge is 0.508 e. The first-order chi connectivity index (χ1) is 9.97. The number of nitrogens with zero attached hydrogens (tertiary/aromatic N) is 2. The molecule has 0 unspecified atom stereocenters. The van der Waals surface area contributed by atoms with Crippen LogP contribution in [0.3, 0.4) is 0 Å². The summed E-state index contributed by atoms with van der Waals surface area (Å²) in [5.41, 5.74) is 0.602. The Bertz CT molecular complexity index is 820. The number of hydrogen-bond donors (Lipinski definition) is 3. The summed E-state index contributed by atoms with van der Waals surface area (Å²) in [6.07, 6.45) is 0. The van der Waals surface area contributed by atoms with E-state index in [2.05, 4.69) is 5.10 Å². The SMILES string of the molecule is OB(O)c1cc2c(Cl)n(-c3ccc(O)cc3)nc2cc1F. The average molecular weight is 306 g/mol. The van der Waals surface area contributed by atoms with E-state index in [9.17, 15) is 9.50 Å². The van der Waals surface area contributed by atoms with Crippen LogP contribution >= 0.6 is 11.6 Å². The van der Waals surface area contributed by atoms with E-state index in [0.29, 0.717) is 11.1 Å². The molecule has 3 rings (SSSR count). The van der Waals surface area contributed by atoms with Gasteiger partial charge in [-0.2, -0.15) is 5.10 Å². The maximum atomic E-state index is 13.7. The lowest BCUT2D eigenvalue weighted by molar-refractivity contribution is 0.423. The summed E-state index contributed by atoms with van der Waals surface area (Å²) in [5, 5.41) is 32.3. The van der Waals surface area contributed by atoms with Crippen molar-refractivity contribution < 1.29 is 19.5 Å². The molecule has 106 valence electrons. The predicted molar refractivity (Wildman–Crippen MR) is 77.5 cm³/mol. The molecule has 0 atom stereocenters. The Morgan fingerprint density at radius 1 is 1.14 bits per heavy atom. The minimum Gasteiger partial charge on any atom is -0.508 e. The molecule has 0 aliphatic heterocycles. The van der Waals surface area contributed by atoms with Gasteiger partial charge in [0.15, 0.2) is 0 Å². The molecule has 0 amide bonds. The van der Waals surface area contributed by atoms with E-state index in [0.717, 1.165) is 6.07 Å². The van der Waals surface area contributed by atoms with Crippen LogP contribution in [-0.2, 0) is 0 Å². The van der Waals surface area contributed by atoms with E-state index in [-0.39, 0.29) is 21.9 Å². The highest BCUT2D eigenvalue weighted by Crippen LogP contribution is 2.27. The summed E-state index contributed by atoms with van der Waals surface area (Å²) >= 11 is 6.21. The topological polar surface area (TPSA) is 78.5 Å².